The molecule has 0 spiro atoms. The van der Waals surface area contributed by atoms with Crippen LogP contribution in [0.5, 0.6) is 5.75 Å². The Bertz CT molecular complexity index is 988. The quantitative estimate of drug-likeness (QED) is 0.487. The minimum atomic E-state index is -0.248. The molecule has 0 unspecified atom stereocenters. The average Bonchev–Trinajstić information content (AvgIpc) is 3.17. The van der Waals surface area contributed by atoms with Gasteiger partial charge in [0.25, 0.3) is 0 Å². The highest BCUT2D eigenvalue weighted by atomic mass is 32.2. The van der Waals surface area contributed by atoms with Gasteiger partial charge in [-0.2, -0.15) is 0 Å². The number of nitrogens with one attached hydrogen (secondary N) is 1. The summed E-state index contributed by atoms with van der Waals surface area (Å²) in [5.74, 6) is 1.75. The standard InChI is InChI=1S/C23H28N4O2S/c1-5-18-12-10-11-16(3)21(18)24-20(28)15-30-23-26-25-22(27(23)6-2)17(4)29-19-13-8-7-9-14-19/h7-14,17H,5-6,15H2,1-4H3,(H,24,28)/t17-/m0/s1. The first-order chi connectivity index (χ1) is 14.5. The molecule has 0 saturated carbocycles. The van der Waals surface area contributed by atoms with Crippen LogP contribution in [0.3, 0.4) is 0 Å². The van der Waals surface area contributed by atoms with Gasteiger partial charge in [-0.05, 0) is 50.5 Å². The molecule has 1 atom stereocenters. The Morgan fingerprint density at radius 2 is 1.90 bits per heavy atom. The van der Waals surface area contributed by atoms with Crippen LogP contribution in [-0.2, 0) is 17.8 Å². The number of rotatable bonds is 9. The van der Waals surface area contributed by atoms with Gasteiger partial charge in [-0.25, -0.2) is 0 Å². The van der Waals surface area contributed by atoms with Gasteiger partial charge in [0.15, 0.2) is 17.1 Å². The summed E-state index contributed by atoms with van der Waals surface area (Å²) in [6.07, 6.45) is 0.624. The van der Waals surface area contributed by atoms with Crippen LogP contribution >= 0.6 is 11.8 Å². The molecular formula is C23H28N4O2S. The van der Waals surface area contributed by atoms with Crippen LogP contribution in [0.25, 0.3) is 0 Å². The average molecular weight is 425 g/mol. The van der Waals surface area contributed by atoms with E-state index in [9.17, 15) is 4.79 Å². The van der Waals surface area contributed by atoms with Crippen LogP contribution in [0.2, 0.25) is 0 Å². The Morgan fingerprint density at radius 3 is 2.60 bits per heavy atom. The number of thioether (sulfide) groups is 1. The molecule has 2 aromatic carbocycles. The lowest BCUT2D eigenvalue weighted by Gasteiger charge is -2.15. The zero-order valence-corrected chi connectivity index (χ0v) is 18.7. The number of amides is 1. The first-order valence-corrected chi connectivity index (χ1v) is 11.2. The molecule has 158 valence electrons. The monoisotopic (exact) mass is 424 g/mol. The lowest BCUT2D eigenvalue weighted by molar-refractivity contribution is -0.113. The smallest absolute Gasteiger partial charge is 0.234 e. The highest BCUT2D eigenvalue weighted by Gasteiger charge is 2.19. The van der Waals surface area contributed by atoms with Crippen molar-refractivity contribution in [2.24, 2.45) is 0 Å². The van der Waals surface area contributed by atoms with Gasteiger partial charge in [0, 0.05) is 12.2 Å². The topological polar surface area (TPSA) is 69.0 Å². The summed E-state index contributed by atoms with van der Waals surface area (Å²) in [6, 6.07) is 15.7. The Kier molecular flexibility index (Phi) is 7.52. The second-order valence-electron chi connectivity index (χ2n) is 6.96. The van der Waals surface area contributed by atoms with E-state index < -0.39 is 0 Å². The largest absolute Gasteiger partial charge is 0.483 e. The number of anilines is 1. The molecule has 3 aromatic rings. The number of carbonyl (C=O) groups is 1. The summed E-state index contributed by atoms with van der Waals surface area (Å²) in [5.41, 5.74) is 3.12. The molecule has 7 heteroatoms. The van der Waals surface area contributed by atoms with Crippen molar-refractivity contribution < 1.29 is 9.53 Å². The van der Waals surface area contributed by atoms with Crippen molar-refractivity contribution in [1.29, 1.82) is 0 Å². The van der Waals surface area contributed by atoms with Gasteiger partial charge in [-0.15, -0.1) is 10.2 Å². The first-order valence-electron chi connectivity index (χ1n) is 10.2. The van der Waals surface area contributed by atoms with Crippen molar-refractivity contribution >= 4 is 23.4 Å². The van der Waals surface area contributed by atoms with Crippen molar-refractivity contribution in [1.82, 2.24) is 14.8 Å². The van der Waals surface area contributed by atoms with E-state index in [1.165, 1.54) is 11.8 Å². The van der Waals surface area contributed by atoms with Crippen LogP contribution in [-0.4, -0.2) is 26.4 Å². The number of hydrogen-bond acceptors (Lipinski definition) is 5. The number of carbonyl (C=O) groups excluding carboxylic acids is 1. The van der Waals surface area contributed by atoms with Gasteiger partial charge in [-0.3, -0.25) is 4.79 Å². The van der Waals surface area contributed by atoms with Crippen molar-refractivity contribution in [3.8, 4) is 5.75 Å². The Morgan fingerprint density at radius 1 is 1.13 bits per heavy atom. The van der Waals surface area contributed by atoms with Crippen LogP contribution in [0.4, 0.5) is 5.69 Å². The molecule has 0 fully saturated rings. The maximum atomic E-state index is 12.6. The van der Waals surface area contributed by atoms with E-state index in [1.807, 2.05) is 73.9 Å². The number of hydrogen-bond donors (Lipinski definition) is 1. The third-order valence-electron chi connectivity index (χ3n) is 4.82. The number of aromatic nitrogens is 3. The number of para-hydroxylation sites is 2. The van der Waals surface area contributed by atoms with E-state index in [0.717, 1.165) is 34.8 Å². The SMILES string of the molecule is CCc1cccc(C)c1NC(=O)CSc1nnc([C@H](C)Oc2ccccc2)n1CC. The molecule has 6 nitrogen and oxygen atoms in total. The molecular weight excluding hydrogens is 396 g/mol. The molecule has 0 saturated heterocycles. The van der Waals surface area contributed by atoms with Gasteiger partial charge < -0.3 is 14.6 Å². The fourth-order valence-corrected chi connectivity index (χ4v) is 4.08. The lowest BCUT2D eigenvalue weighted by atomic mass is 10.1. The molecule has 0 aliphatic heterocycles. The fourth-order valence-electron chi connectivity index (χ4n) is 3.27. The maximum absolute atomic E-state index is 12.6. The van der Waals surface area contributed by atoms with Crippen LogP contribution in [0.1, 0.15) is 43.8 Å². The van der Waals surface area contributed by atoms with Crippen molar-refractivity contribution in [2.75, 3.05) is 11.1 Å². The van der Waals surface area contributed by atoms with Crippen LogP contribution in [0.15, 0.2) is 53.7 Å². The van der Waals surface area contributed by atoms with Crippen LogP contribution < -0.4 is 10.1 Å². The molecule has 1 amide bonds. The summed E-state index contributed by atoms with van der Waals surface area (Å²) in [5, 5.41) is 12.4. The minimum Gasteiger partial charge on any atom is -0.483 e. The van der Waals surface area contributed by atoms with Gasteiger partial charge in [0.05, 0.1) is 5.75 Å². The highest BCUT2D eigenvalue weighted by molar-refractivity contribution is 7.99. The second-order valence-corrected chi connectivity index (χ2v) is 7.90. The molecule has 1 aromatic heterocycles. The first kappa shape index (κ1) is 21.9. The molecule has 0 aliphatic carbocycles. The summed E-state index contributed by atoms with van der Waals surface area (Å²) in [6.45, 7) is 8.79. The van der Waals surface area contributed by atoms with E-state index >= 15 is 0 Å². The van der Waals surface area contributed by atoms with Crippen molar-refractivity contribution in [2.45, 2.75) is 51.9 Å². The summed E-state index contributed by atoms with van der Waals surface area (Å²) in [4.78, 5) is 12.6. The maximum Gasteiger partial charge on any atom is 0.234 e. The van der Waals surface area contributed by atoms with Crippen LogP contribution in [0, 0.1) is 6.92 Å². The van der Waals surface area contributed by atoms with E-state index in [0.29, 0.717) is 11.7 Å². The molecule has 1 heterocycles. The minimum absolute atomic E-state index is 0.0511. The third-order valence-corrected chi connectivity index (χ3v) is 5.78. The number of aryl methyl sites for hydroxylation is 2. The number of benzene rings is 2. The molecule has 0 aliphatic rings. The number of ether oxygens (including phenoxy) is 1. The zero-order valence-electron chi connectivity index (χ0n) is 17.9. The van der Waals surface area contributed by atoms with Gasteiger partial charge in [0.2, 0.25) is 5.91 Å². The Labute approximate surface area is 182 Å². The molecule has 1 N–H and O–H groups in total. The summed E-state index contributed by atoms with van der Waals surface area (Å²) < 4.78 is 7.98. The fraction of sp³-hybridized carbons (Fsp3) is 0.348. The summed E-state index contributed by atoms with van der Waals surface area (Å²) in [7, 11) is 0. The van der Waals surface area contributed by atoms with Gasteiger partial charge >= 0.3 is 0 Å². The summed E-state index contributed by atoms with van der Waals surface area (Å²) >= 11 is 1.38. The normalized spacial score (nSPS) is 11.9. The van der Waals surface area contributed by atoms with Crippen molar-refractivity contribution in [3.05, 3.63) is 65.5 Å². The second kappa shape index (κ2) is 10.3. The molecule has 30 heavy (non-hydrogen) atoms. The lowest BCUT2D eigenvalue weighted by Crippen LogP contribution is -2.17. The van der Waals surface area contributed by atoms with Gasteiger partial charge in [-0.1, -0.05) is 55.1 Å². The predicted octanol–water partition coefficient (Wildman–Crippen LogP) is 5.04. The molecule has 3 rings (SSSR count). The Hall–Kier alpha value is -2.80. The Balaban J connectivity index is 1.65. The molecule has 0 bridgehead atoms. The van der Waals surface area contributed by atoms with E-state index in [1.54, 1.807) is 0 Å². The highest BCUT2D eigenvalue weighted by Crippen LogP contribution is 2.25. The van der Waals surface area contributed by atoms with E-state index in [4.69, 9.17) is 4.74 Å². The van der Waals surface area contributed by atoms with E-state index in [-0.39, 0.29) is 17.8 Å². The van der Waals surface area contributed by atoms with Crippen molar-refractivity contribution in [3.63, 3.8) is 0 Å². The number of nitrogens with zero attached hydrogens (tertiary/aromatic N) is 3. The van der Waals surface area contributed by atoms with E-state index in [2.05, 4.69) is 22.4 Å². The third kappa shape index (κ3) is 5.21. The van der Waals surface area contributed by atoms with Gasteiger partial charge in [0.1, 0.15) is 5.75 Å². The zero-order chi connectivity index (χ0) is 21.5. The predicted molar refractivity (Wildman–Crippen MR) is 121 cm³/mol. The molecule has 0 radical (unpaired) electrons.